The van der Waals surface area contributed by atoms with Crippen molar-refractivity contribution in [2.24, 2.45) is 0 Å². The van der Waals surface area contributed by atoms with Gasteiger partial charge in [-0.2, -0.15) is 0 Å². The first-order valence-corrected chi connectivity index (χ1v) is 5.74. The summed E-state index contributed by atoms with van der Waals surface area (Å²) in [5.41, 5.74) is 1.88. The summed E-state index contributed by atoms with van der Waals surface area (Å²) in [6, 6.07) is 5.25. The third kappa shape index (κ3) is 1.71. The van der Waals surface area contributed by atoms with Gasteiger partial charge in [0.2, 0.25) is 0 Å². The molecule has 2 aromatic heterocycles. The van der Waals surface area contributed by atoms with Gasteiger partial charge in [-0.05, 0) is 18.6 Å². The molecule has 6 heteroatoms. The number of rotatable bonds is 1. The lowest BCUT2D eigenvalue weighted by Crippen LogP contribution is -2.37. The monoisotopic (exact) mass is 244 g/mol. The lowest BCUT2D eigenvalue weighted by atomic mass is 10.1. The molecule has 3 rings (SSSR count). The van der Waals surface area contributed by atoms with Gasteiger partial charge in [0.15, 0.2) is 0 Å². The number of hydrogen-bond acceptors (Lipinski definition) is 3. The summed E-state index contributed by atoms with van der Waals surface area (Å²) in [5, 5.41) is 5.35. The van der Waals surface area contributed by atoms with Gasteiger partial charge in [0, 0.05) is 18.3 Å². The summed E-state index contributed by atoms with van der Waals surface area (Å²) >= 11 is 0. The molecule has 1 amide bonds. The number of aromatic nitrogens is 3. The van der Waals surface area contributed by atoms with E-state index in [0.29, 0.717) is 25.2 Å². The zero-order chi connectivity index (χ0) is 12.5. The Labute approximate surface area is 103 Å². The van der Waals surface area contributed by atoms with E-state index in [1.54, 1.807) is 29.3 Å². The zero-order valence-electron chi connectivity index (χ0n) is 9.64. The summed E-state index contributed by atoms with van der Waals surface area (Å²) in [4.78, 5) is 29.3. The topological polar surface area (TPSA) is 81.8 Å². The van der Waals surface area contributed by atoms with Gasteiger partial charge in [0.25, 0.3) is 11.5 Å². The second-order valence-electron chi connectivity index (χ2n) is 4.23. The van der Waals surface area contributed by atoms with Crippen molar-refractivity contribution in [2.75, 3.05) is 6.54 Å². The number of fused-ring (bicyclic) bond motifs is 1. The van der Waals surface area contributed by atoms with E-state index >= 15 is 0 Å². The molecule has 2 aromatic rings. The van der Waals surface area contributed by atoms with Crippen LogP contribution in [0.3, 0.4) is 0 Å². The zero-order valence-corrected chi connectivity index (χ0v) is 9.64. The first kappa shape index (κ1) is 10.8. The largest absolute Gasteiger partial charge is 0.331 e. The summed E-state index contributed by atoms with van der Waals surface area (Å²) in [7, 11) is 0. The van der Waals surface area contributed by atoms with E-state index in [2.05, 4.69) is 15.2 Å². The fourth-order valence-corrected chi connectivity index (χ4v) is 2.16. The summed E-state index contributed by atoms with van der Waals surface area (Å²) in [6.07, 6.45) is 2.17. The molecule has 6 nitrogen and oxygen atoms in total. The van der Waals surface area contributed by atoms with Crippen molar-refractivity contribution in [1.82, 2.24) is 20.1 Å². The number of nitrogens with one attached hydrogen (secondary N) is 2. The number of hydrogen-bond donors (Lipinski definition) is 2. The van der Waals surface area contributed by atoms with Crippen molar-refractivity contribution in [3.05, 3.63) is 51.7 Å². The summed E-state index contributed by atoms with van der Waals surface area (Å²) in [6.45, 7) is 0.965. The van der Waals surface area contributed by atoms with Crippen LogP contribution in [0.5, 0.6) is 0 Å². The van der Waals surface area contributed by atoms with Crippen LogP contribution >= 0.6 is 0 Å². The van der Waals surface area contributed by atoms with Crippen LogP contribution in [0.1, 0.15) is 21.7 Å². The van der Waals surface area contributed by atoms with E-state index in [1.165, 1.54) is 0 Å². The molecule has 1 aliphatic heterocycles. The molecule has 18 heavy (non-hydrogen) atoms. The van der Waals surface area contributed by atoms with Crippen molar-refractivity contribution in [3.8, 4) is 0 Å². The first-order valence-electron chi connectivity index (χ1n) is 5.74. The summed E-state index contributed by atoms with van der Waals surface area (Å²) < 4.78 is 0. The minimum absolute atomic E-state index is 0.0880. The van der Waals surface area contributed by atoms with Gasteiger partial charge >= 0.3 is 0 Å². The van der Waals surface area contributed by atoms with Crippen molar-refractivity contribution in [2.45, 2.75) is 13.0 Å². The molecular weight excluding hydrogens is 232 g/mol. The van der Waals surface area contributed by atoms with Gasteiger partial charge in [0.1, 0.15) is 5.69 Å². The van der Waals surface area contributed by atoms with Crippen molar-refractivity contribution < 1.29 is 4.79 Å². The van der Waals surface area contributed by atoms with E-state index in [-0.39, 0.29) is 11.5 Å². The van der Waals surface area contributed by atoms with Crippen molar-refractivity contribution in [1.29, 1.82) is 0 Å². The highest BCUT2D eigenvalue weighted by atomic mass is 16.2. The van der Waals surface area contributed by atoms with Crippen LogP contribution in [0.15, 0.2) is 29.2 Å². The highest BCUT2D eigenvalue weighted by Crippen LogP contribution is 2.15. The van der Waals surface area contributed by atoms with Gasteiger partial charge in [-0.3, -0.25) is 19.7 Å². The van der Waals surface area contributed by atoms with E-state index in [1.807, 2.05) is 0 Å². The van der Waals surface area contributed by atoms with Gasteiger partial charge < -0.3 is 10.00 Å². The van der Waals surface area contributed by atoms with Crippen LogP contribution in [0.4, 0.5) is 0 Å². The highest BCUT2D eigenvalue weighted by Gasteiger charge is 2.24. The summed E-state index contributed by atoms with van der Waals surface area (Å²) in [5.74, 6) is -0.108. The Morgan fingerprint density at radius 3 is 3.00 bits per heavy atom. The number of aromatic amines is 2. The minimum Gasteiger partial charge on any atom is -0.331 e. The smallest absolute Gasteiger partial charge is 0.272 e. The van der Waals surface area contributed by atoms with Crippen molar-refractivity contribution >= 4 is 5.91 Å². The molecule has 0 bridgehead atoms. The van der Waals surface area contributed by atoms with E-state index < -0.39 is 0 Å². The molecule has 0 unspecified atom stereocenters. The van der Waals surface area contributed by atoms with Gasteiger partial charge in [-0.15, -0.1) is 0 Å². The van der Waals surface area contributed by atoms with E-state index in [9.17, 15) is 9.59 Å². The van der Waals surface area contributed by atoms with Gasteiger partial charge in [-0.1, -0.05) is 6.07 Å². The van der Waals surface area contributed by atoms with Crippen LogP contribution < -0.4 is 5.56 Å². The average Bonchev–Trinajstić information content (AvgIpc) is 2.80. The number of nitrogens with zero attached hydrogens (tertiary/aromatic N) is 2. The Morgan fingerprint density at radius 1 is 1.33 bits per heavy atom. The van der Waals surface area contributed by atoms with E-state index in [4.69, 9.17) is 0 Å². The third-order valence-electron chi connectivity index (χ3n) is 3.12. The predicted octanol–water partition coefficient (Wildman–Crippen LogP) is 0.296. The number of pyridine rings is 1. The fraction of sp³-hybridized carbons (Fsp3) is 0.250. The van der Waals surface area contributed by atoms with E-state index in [0.717, 1.165) is 11.3 Å². The fourth-order valence-electron chi connectivity index (χ4n) is 2.16. The Hall–Kier alpha value is -2.37. The SMILES string of the molecule is O=C(c1ccccn1)N1CCc2c([nH][nH]c2=O)C1. The normalized spacial score (nSPS) is 14.3. The molecule has 0 spiro atoms. The number of carbonyl (C=O) groups excluding carboxylic acids is 1. The van der Waals surface area contributed by atoms with Crippen molar-refractivity contribution in [3.63, 3.8) is 0 Å². The Morgan fingerprint density at radius 2 is 2.22 bits per heavy atom. The molecule has 2 N–H and O–H groups in total. The number of amides is 1. The van der Waals surface area contributed by atoms with Gasteiger partial charge in [0.05, 0.1) is 12.2 Å². The Balaban J connectivity index is 1.84. The molecule has 0 radical (unpaired) electrons. The van der Waals surface area contributed by atoms with Crippen LogP contribution in [-0.2, 0) is 13.0 Å². The molecule has 0 saturated heterocycles. The third-order valence-corrected chi connectivity index (χ3v) is 3.12. The molecule has 0 saturated carbocycles. The quantitative estimate of drug-likeness (QED) is 0.756. The van der Waals surface area contributed by atoms with Crippen LogP contribution in [0.2, 0.25) is 0 Å². The maximum absolute atomic E-state index is 12.2. The molecule has 3 heterocycles. The molecular formula is C12H12N4O2. The first-order chi connectivity index (χ1) is 8.75. The highest BCUT2D eigenvalue weighted by molar-refractivity contribution is 5.92. The second-order valence-corrected chi connectivity index (χ2v) is 4.23. The van der Waals surface area contributed by atoms with Crippen LogP contribution in [0.25, 0.3) is 0 Å². The van der Waals surface area contributed by atoms with Gasteiger partial charge in [-0.25, -0.2) is 0 Å². The Bertz CT molecular complexity index is 629. The van der Waals surface area contributed by atoms with Crippen LogP contribution in [-0.4, -0.2) is 32.5 Å². The van der Waals surface area contributed by atoms with Crippen LogP contribution in [0, 0.1) is 0 Å². The standard InChI is InChI=1S/C12H12N4O2/c17-11-8-4-6-16(7-10(8)14-15-11)12(18)9-3-1-2-5-13-9/h1-3,5H,4,6-7H2,(H2,14,15,17). The molecule has 0 aliphatic carbocycles. The maximum Gasteiger partial charge on any atom is 0.272 e. The molecule has 0 atom stereocenters. The predicted molar refractivity (Wildman–Crippen MR) is 64.1 cm³/mol. The lowest BCUT2D eigenvalue weighted by Gasteiger charge is -2.25. The lowest BCUT2D eigenvalue weighted by molar-refractivity contribution is 0.0726. The molecule has 0 aromatic carbocycles. The Kier molecular flexibility index (Phi) is 2.47. The molecule has 0 fully saturated rings. The number of carbonyl (C=O) groups is 1. The number of H-pyrrole nitrogens is 2. The maximum atomic E-state index is 12.2. The average molecular weight is 244 g/mol. The molecule has 92 valence electrons. The molecule has 1 aliphatic rings. The second kappa shape index (κ2) is 4.14. The minimum atomic E-state index is -0.108.